The zero-order valence-electron chi connectivity index (χ0n) is 14.6. The fraction of sp³-hybridized carbons (Fsp3) is 0.211. The van der Waals surface area contributed by atoms with Crippen molar-refractivity contribution in [2.75, 3.05) is 10.2 Å². The quantitative estimate of drug-likeness (QED) is 0.587. The zero-order valence-corrected chi connectivity index (χ0v) is 15.4. The summed E-state index contributed by atoms with van der Waals surface area (Å²) in [7, 11) is -1.15. The van der Waals surface area contributed by atoms with Gasteiger partial charge >= 0.3 is 11.3 Å². The van der Waals surface area contributed by atoms with Crippen LogP contribution in [-0.2, 0) is 0 Å². The van der Waals surface area contributed by atoms with E-state index in [9.17, 15) is 14.7 Å². The Morgan fingerprint density at radius 1 is 1.27 bits per heavy atom. The SMILES string of the molecule is Cc1cc(C(C)C)ccc1N1C(=O)Nc2c[s+](C(=O)O)c3nccc1c23. The van der Waals surface area contributed by atoms with Gasteiger partial charge in [-0.3, -0.25) is 4.90 Å². The lowest BCUT2D eigenvalue weighted by Gasteiger charge is -2.28. The minimum Gasteiger partial charge on any atom is -0.437 e. The topological polar surface area (TPSA) is 82.5 Å². The average molecular weight is 368 g/mol. The molecule has 4 rings (SSSR count). The third kappa shape index (κ3) is 2.35. The molecule has 0 bridgehead atoms. The standard InChI is InChI=1S/C19H17N3O3S/c1-10(2)12-4-5-14(11(3)8-12)22-15-6-7-20-17-16(15)13(21-18(22)23)9-26(17)19(24)25/h4-10H,1-3H3,(H-,21,23,24,25)/p+1. The third-order valence-corrected chi connectivity index (χ3v) is 6.18. The number of carbonyl (C=O) groups is 2. The minimum atomic E-state index is -1.15. The summed E-state index contributed by atoms with van der Waals surface area (Å²) in [4.78, 5) is 30.7. The zero-order chi connectivity index (χ0) is 18.6. The Labute approximate surface area is 153 Å². The van der Waals surface area contributed by atoms with E-state index in [1.165, 1.54) is 5.56 Å². The highest BCUT2D eigenvalue weighted by atomic mass is 32.2. The van der Waals surface area contributed by atoms with E-state index in [2.05, 4.69) is 30.2 Å². The molecule has 3 aromatic rings. The monoisotopic (exact) mass is 368 g/mol. The van der Waals surface area contributed by atoms with Crippen LogP contribution in [-0.4, -0.2) is 21.4 Å². The van der Waals surface area contributed by atoms with E-state index < -0.39 is 15.8 Å². The molecule has 0 fully saturated rings. The first-order chi connectivity index (χ1) is 12.4. The molecule has 2 aromatic heterocycles. The van der Waals surface area contributed by atoms with Crippen molar-refractivity contribution in [2.24, 2.45) is 0 Å². The summed E-state index contributed by atoms with van der Waals surface area (Å²) in [5, 5.41) is 13.6. The van der Waals surface area contributed by atoms with Crippen molar-refractivity contribution >= 4 is 49.1 Å². The molecular formula is C19H18N3O3S+. The molecule has 3 heterocycles. The summed E-state index contributed by atoms with van der Waals surface area (Å²) in [6.07, 6.45) is 1.57. The summed E-state index contributed by atoms with van der Waals surface area (Å²) in [6, 6.07) is 7.52. The average Bonchev–Trinajstić information content (AvgIpc) is 2.96. The maximum absolute atomic E-state index is 12.8. The van der Waals surface area contributed by atoms with E-state index in [-0.39, 0.29) is 6.03 Å². The van der Waals surface area contributed by atoms with Gasteiger partial charge in [-0.25, -0.2) is 9.78 Å². The summed E-state index contributed by atoms with van der Waals surface area (Å²) in [5.74, 6) is 0.398. The molecule has 0 aliphatic carbocycles. The van der Waals surface area contributed by atoms with Gasteiger partial charge in [-0.05, 0) is 36.1 Å². The molecule has 0 saturated carbocycles. The number of benzene rings is 1. The number of hydrogen-bond donors (Lipinski definition) is 2. The van der Waals surface area contributed by atoms with Gasteiger partial charge in [0.25, 0.3) is 4.83 Å². The second-order valence-corrected chi connectivity index (χ2v) is 8.26. The molecular weight excluding hydrogens is 350 g/mol. The Balaban J connectivity index is 1.94. The van der Waals surface area contributed by atoms with Crippen LogP contribution in [0.2, 0.25) is 0 Å². The van der Waals surface area contributed by atoms with Gasteiger partial charge in [0.15, 0.2) is 5.38 Å². The fourth-order valence-corrected chi connectivity index (χ4v) is 4.70. The molecule has 1 aromatic carbocycles. The van der Waals surface area contributed by atoms with Crippen LogP contribution in [0.3, 0.4) is 0 Å². The van der Waals surface area contributed by atoms with Crippen molar-refractivity contribution in [3.05, 3.63) is 47.0 Å². The number of hydrogen-bond acceptors (Lipinski definition) is 3. The van der Waals surface area contributed by atoms with Gasteiger partial charge in [-0.1, -0.05) is 26.0 Å². The molecule has 1 aliphatic heterocycles. The highest BCUT2D eigenvalue weighted by Gasteiger charge is 2.36. The van der Waals surface area contributed by atoms with Gasteiger partial charge in [-0.15, -0.1) is 0 Å². The number of carboxylic acid groups (broad SMARTS) is 1. The van der Waals surface area contributed by atoms with Crippen LogP contribution in [0.5, 0.6) is 0 Å². The number of amides is 2. The molecule has 1 unspecified atom stereocenters. The molecule has 7 heteroatoms. The molecule has 2 N–H and O–H groups in total. The third-order valence-electron chi connectivity index (χ3n) is 4.61. The summed E-state index contributed by atoms with van der Waals surface area (Å²) < 4.78 is 0. The van der Waals surface area contributed by atoms with E-state index in [4.69, 9.17) is 0 Å². The van der Waals surface area contributed by atoms with Gasteiger partial charge < -0.3 is 10.4 Å². The van der Waals surface area contributed by atoms with Gasteiger partial charge in [-0.2, -0.15) is 4.79 Å². The normalized spacial score (nSPS) is 14.1. The number of aryl methyl sites for hydroxylation is 1. The van der Waals surface area contributed by atoms with Crippen LogP contribution in [0.25, 0.3) is 10.2 Å². The van der Waals surface area contributed by atoms with Crippen molar-refractivity contribution in [1.82, 2.24) is 4.98 Å². The Morgan fingerprint density at radius 2 is 2.04 bits per heavy atom. The summed E-state index contributed by atoms with van der Waals surface area (Å²) in [5.41, 5.74) is 4.17. The number of rotatable bonds is 3. The number of aromatic nitrogens is 1. The van der Waals surface area contributed by atoms with Crippen LogP contribution in [0.4, 0.5) is 26.7 Å². The van der Waals surface area contributed by atoms with Gasteiger partial charge in [0.1, 0.15) is 21.5 Å². The van der Waals surface area contributed by atoms with Gasteiger partial charge in [0.2, 0.25) is 0 Å². The second-order valence-electron chi connectivity index (χ2n) is 6.61. The first-order valence-electron chi connectivity index (χ1n) is 8.27. The number of nitrogens with zero attached hydrogens (tertiary/aromatic N) is 2. The highest BCUT2D eigenvalue weighted by Crippen LogP contribution is 2.47. The van der Waals surface area contributed by atoms with Crippen LogP contribution in [0, 0.1) is 6.92 Å². The molecule has 0 spiro atoms. The van der Waals surface area contributed by atoms with Crippen molar-refractivity contribution in [2.45, 2.75) is 26.7 Å². The number of carbonyl (C=O) groups excluding carboxylic acids is 1. The largest absolute Gasteiger partial charge is 0.554 e. The van der Waals surface area contributed by atoms with Gasteiger partial charge in [0, 0.05) is 6.20 Å². The first kappa shape index (κ1) is 16.5. The van der Waals surface area contributed by atoms with Crippen molar-refractivity contribution < 1.29 is 14.7 Å². The van der Waals surface area contributed by atoms with Crippen molar-refractivity contribution in [3.8, 4) is 0 Å². The lowest BCUT2D eigenvalue weighted by atomic mass is 9.99. The van der Waals surface area contributed by atoms with Crippen LogP contribution >= 0.6 is 10.5 Å². The Kier molecular flexibility index (Phi) is 3.69. The predicted molar refractivity (Wildman–Crippen MR) is 104 cm³/mol. The minimum absolute atomic E-state index is 0.294. The number of pyridine rings is 1. The van der Waals surface area contributed by atoms with E-state index >= 15 is 0 Å². The Bertz CT molecular complexity index is 1070. The molecule has 1 aliphatic rings. The maximum Gasteiger partial charge on any atom is 0.554 e. The first-order valence-corrected chi connectivity index (χ1v) is 9.56. The number of anilines is 3. The number of thiophene rings is 1. The molecule has 6 nitrogen and oxygen atoms in total. The van der Waals surface area contributed by atoms with E-state index in [0.717, 1.165) is 11.3 Å². The maximum atomic E-state index is 12.8. The highest BCUT2D eigenvalue weighted by molar-refractivity contribution is 7.54. The smallest absolute Gasteiger partial charge is 0.437 e. The molecule has 1 atom stereocenters. The Morgan fingerprint density at radius 3 is 2.69 bits per heavy atom. The predicted octanol–water partition coefficient (Wildman–Crippen LogP) is 5.63. The molecule has 26 heavy (non-hydrogen) atoms. The Hall–Kier alpha value is -2.93. The van der Waals surface area contributed by atoms with E-state index in [1.807, 2.05) is 19.1 Å². The molecule has 2 amide bonds. The van der Waals surface area contributed by atoms with Crippen LogP contribution < -0.4 is 10.2 Å². The van der Waals surface area contributed by atoms with Crippen LogP contribution in [0.1, 0.15) is 30.9 Å². The fourth-order valence-electron chi connectivity index (χ4n) is 3.31. The van der Waals surface area contributed by atoms with Crippen LogP contribution in [0.15, 0.2) is 35.8 Å². The summed E-state index contributed by atoms with van der Waals surface area (Å²) >= 11 is 0. The lowest BCUT2D eigenvalue weighted by molar-refractivity contribution is 0.221. The second kappa shape index (κ2) is 5.81. The lowest BCUT2D eigenvalue weighted by Crippen LogP contribution is -2.34. The number of urea groups is 1. The molecule has 0 saturated heterocycles. The van der Waals surface area contributed by atoms with Gasteiger partial charge in [0.05, 0.1) is 11.4 Å². The summed E-state index contributed by atoms with van der Waals surface area (Å²) in [6.45, 7) is 6.23. The van der Waals surface area contributed by atoms with E-state index in [0.29, 0.717) is 27.5 Å². The van der Waals surface area contributed by atoms with Crippen molar-refractivity contribution in [3.63, 3.8) is 0 Å². The van der Waals surface area contributed by atoms with Crippen molar-refractivity contribution in [1.29, 1.82) is 0 Å². The molecule has 132 valence electrons. The van der Waals surface area contributed by atoms with E-state index in [1.54, 1.807) is 22.5 Å². The number of nitrogens with one attached hydrogen (secondary N) is 1. The molecule has 0 radical (unpaired) electrons.